The Kier molecular flexibility index (Phi) is 3.81. The summed E-state index contributed by atoms with van der Waals surface area (Å²) in [6.45, 7) is 0. The molecule has 0 fully saturated rings. The van der Waals surface area contributed by atoms with Crippen LogP contribution in [0.25, 0.3) is 11.1 Å². The molecule has 0 amide bonds. The van der Waals surface area contributed by atoms with Gasteiger partial charge in [-0.15, -0.1) is 0 Å². The fraction of sp³-hybridized carbons (Fsp3) is 0.231. The molecule has 0 aliphatic heterocycles. The van der Waals surface area contributed by atoms with Gasteiger partial charge in [-0.3, -0.25) is 9.48 Å². The second-order valence-corrected chi connectivity index (χ2v) is 4.89. The molecule has 4 nitrogen and oxygen atoms in total. The maximum Gasteiger partial charge on any atom is 0.303 e. The molecule has 1 N–H and O–H groups in total. The highest BCUT2D eigenvalue weighted by Gasteiger charge is 2.13. The minimum absolute atomic E-state index is 0.0917. The fourth-order valence-corrected chi connectivity index (χ4v) is 2.35. The van der Waals surface area contributed by atoms with Crippen LogP contribution in [0.3, 0.4) is 0 Å². The average molecular weight is 309 g/mol. The molecule has 1 aromatic carbocycles. The van der Waals surface area contributed by atoms with Crippen molar-refractivity contribution in [3.63, 3.8) is 0 Å². The van der Waals surface area contributed by atoms with Gasteiger partial charge in [0.05, 0.1) is 12.1 Å². The number of aliphatic carboxylic acids is 1. The summed E-state index contributed by atoms with van der Waals surface area (Å²) >= 11 is 3.50. The van der Waals surface area contributed by atoms with E-state index in [1.54, 1.807) is 4.68 Å². The highest BCUT2D eigenvalue weighted by atomic mass is 79.9. The number of hydrogen-bond donors (Lipinski definition) is 1. The first kappa shape index (κ1) is 12.8. The van der Waals surface area contributed by atoms with Crippen molar-refractivity contribution in [1.29, 1.82) is 0 Å². The van der Waals surface area contributed by atoms with Crippen LogP contribution in [-0.4, -0.2) is 20.9 Å². The molecule has 0 unspecified atom stereocenters. The molecule has 0 aliphatic carbocycles. The van der Waals surface area contributed by atoms with Crippen LogP contribution in [0.5, 0.6) is 0 Å². The van der Waals surface area contributed by atoms with E-state index in [1.165, 1.54) is 0 Å². The van der Waals surface area contributed by atoms with E-state index >= 15 is 0 Å². The van der Waals surface area contributed by atoms with E-state index in [0.29, 0.717) is 6.42 Å². The molecule has 94 valence electrons. The lowest BCUT2D eigenvalue weighted by Crippen LogP contribution is -1.99. The van der Waals surface area contributed by atoms with E-state index < -0.39 is 5.97 Å². The SMILES string of the molecule is Cn1cc(-c2ccccc2Br)c(CCC(=O)O)n1. The number of carboxylic acid groups (broad SMARTS) is 1. The van der Waals surface area contributed by atoms with Crippen LogP contribution in [-0.2, 0) is 18.3 Å². The number of benzene rings is 1. The van der Waals surface area contributed by atoms with E-state index in [1.807, 2.05) is 37.5 Å². The standard InChI is InChI=1S/C13H13BrN2O2/c1-16-8-10(9-4-2-3-5-11(9)14)12(15-16)6-7-13(17)18/h2-5,8H,6-7H2,1H3,(H,17,18). The summed E-state index contributed by atoms with van der Waals surface area (Å²) in [5.74, 6) is -0.807. The first-order chi connectivity index (χ1) is 8.58. The summed E-state index contributed by atoms with van der Waals surface area (Å²) < 4.78 is 2.70. The molecular weight excluding hydrogens is 296 g/mol. The minimum atomic E-state index is -0.807. The molecular formula is C13H13BrN2O2. The van der Waals surface area contributed by atoms with Crippen LogP contribution in [0.2, 0.25) is 0 Å². The van der Waals surface area contributed by atoms with Crippen molar-refractivity contribution in [1.82, 2.24) is 9.78 Å². The van der Waals surface area contributed by atoms with Gasteiger partial charge in [0.1, 0.15) is 0 Å². The van der Waals surface area contributed by atoms with Gasteiger partial charge in [-0.1, -0.05) is 34.1 Å². The van der Waals surface area contributed by atoms with Gasteiger partial charge < -0.3 is 5.11 Å². The maximum absolute atomic E-state index is 10.7. The van der Waals surface area contributed by atoms with Crippen molar-refractivity contribution in [2.75, 3.05) is 0 Å². The zero-order valence-electron chi connectivity index (χ0n) is 9.93. The molecule has 0 atom stereocenters. The Labute approximate surface area is 113 Å². The zero-order valence-corrected chi connectivity index (χ0v) is 11.5. The highest BCUT2D eigenvalue weighted by molar-refractivity contribution is 9.10. The summed E-state index contributed by atoms with van der Waals surface area (Å²) in [4.78, 5) is 10.7. The lowest BCUT2D eigenvalue weighted by Gasteiger charge is -2.03. The normalized spacial score (nSPS) is 10.6. The number of aryl methyl sites for hydroxylation is 2. The van der Waals surface area contributed by atoms with Gasteiger partial charge in [0.2, 0.25) is 0 Å². The van der Waals surface area contributed by atoms with Crippen molar-refractivity contribution >= 4 is 21.9 Å². The summed E-state index contributed by atoms with van der Waals surface area (Å²) in [7, 11) is 1.84. The Bertz CT molecular complexity index is 578. The van der Waals surface area contributed by atoms with E-state index in [-0.39, 0.29) is 6.42 Å². The van der Waals surface area contributed by atoms with Crippen LogP contribution < -0.4 is 0 Å². The lowest BCUT2D eigenvalue weighted by molar-refractivity contribution is -0.136. The van der Waals surface area contributed by atoms with Crippen LogP contribution in [0.1, 0.15) is 12.1 Å². The predicted octanol–water partition coefficient (Wildman–Crippen LogP) is 2.87. The minimum Gasteiger partial charge on any atom is -0.481 e. The zero-order chi connectivity index (χ0) is 13.1. The van der Waals surface area contributed by atoms with Gasteiger partial charge in [-0.05, 0) is 11.6 Å². The first-order valence-corrected chi connectivity index (χ1v) is 6.36. The number of rotatable bonds is 4. The van der Waals surface area contributed by atoms with Crippen molar-refractivity contribution in [3.05, 3.63) is 40.6 Å². The van der Waals surface area contributed by atoms with Crippen molar-refractivity contribution in [2.24, 2.45) is 7.05 Å². The number of nitrogens with zero attached hydrogens (tertiary/aromatic N) is 2. The molecule has 2 rings (SSSR count). The second-order valence-electron chi connectivity index (χ2n) is 4.04. The van der Waals surface area contributed by atoms with Gasteiger partial charge in [-0.2, -0.15) is 5.10 Å². The number of hydrogen-bond acceptors (Lipinski definition) is 2. The molecule has 1 heterocycles. The molecule has 0 spiro atoms. The second kappa shape index (κ2) is 5.35. The topological polar surface area (TPSA) is 55.1 Å². The number of carboxylic acids is 1. The Morgan fingerprint density at radius 1 is 1.39 bits per heavy atom. The molecule has 0 radical (unpaired) electrons. The van der Waals surface area contributed by atoms with Crippen LogP contribution in [0.15, 0.2) is 34.9 Å². The summed E-state index contributed by atoms with van der Waals surface area (Å²) in [6, 6.07) is 7.85. The van der Waals surface area contributed by atoms with Crippen molar-refractivity contribution in [3.8, 4) is 11.1 Å². The third kappa shape index (κ3) is 2.79. The van der Waals surface area contributed by atoms with Gasteiger partial charge >= 0.3 is 5.97 Å². The molecule has 0 aliphatic rings. The van der Waals surface area contributed by atoms with E-state index in [9.17, 15) is 4.79 Å². The van der Waals surface area contributed by atoms with E-state index in [4.69, 9.17) is 5.11 Å². The molecule has 0 saturated carbocycles. The van der Waals surface area contributed by atoms with E-state index in [0.717, 1.165) is 21.3 Å². The third-order valence-electron chi connectivity index (χ3n) is 2.64. The lowest BCUT2D eigenvalue weighted by atomic mass is 10.0. The monoisotopic (exact) mass is 308 g/mol. The van der Waals surface area contributed by atoms with Crippen LogP contribution >= 0.6 is 15.9 Å². The van der Waals surface area contributed by atoms with Gasteiger partial charge in [0.25, 0.3) is 0 Å². The molecule has 5 heteroatoms. The smallest absolute Gasteiger partial charge is 0.303 e. The summed E-state index contributed by atoms with van der Waals surface area (Å²) in [5, 5.41) is 13.1. The van der Waals surface area contributed by atoms with E-state index in [2.05, 4.69) is 21.0 Å². The van der Waals surface area contributed by atoms with Crippen LogP contribution in [0, 0.1) is 0 Å². The molecule has 1 aromatic heterocycles. The molecule has 0 bridgehead atoms. The van der Waals surface area contributed by atoms with Gasteiger partial charge in [0.15, 0.2) is 0 Å². The Balaban J connectivity index is 2.38. The van der Waals surface area contributed by atoms with Crippen molar-refractivity contribution in [2.45, 2.75) is 12.8 Å². The fourth-order valence-electron chi connectivity index (χ4n) is 1.85. The third-order valence-corrected chi connectivity index (χ3v) is 3.34. The Hall–Kier alpha value is -1.62. The highest BCUT2D eigenvalue weighted by Crippen LogP contribution is 2.30. The summed E-state index contributed by atoms with van der Waals surface area (Å²) in [5.41, 5.74) is 2.82. The van der Waals surface area contributed by atoms with Crippen molar-refractivity contribution < 1.29 is 9.90 Å². The summed E-state index contributed by atoms with van der Waals surface area (Å²) in [6.07, 6.45) is 2.44. The number of carbonyl (C=O) groups is 1. The predicted molar refractivity (Wildman–Crippen MR) is 72.3 cm³/mol. The largest absolute Gasteiger partial charge is 0.481 e. The number of halogens is 1. The first-order valence-electron chi connectivity index (χ1n) is 5.57. The molecule has 18 heavy (non-hydrogen) atoms. The quantitative estimate of drug-likeness (QED) is 0.945. The maximum atomic E-state index is 10.7. The average Bonchev–Trinajstić information content (AvgIpc) is 2.68. The molecule has 0 saturated heterocycles. The van der Waals surface area contributed by atoms with Gasteiger partial charge in [-0.25, -0.2) is 0 Å². The van der Waals surface area contributed by atoms with Crippen LogP contribution in [0.4, 0.5) is 0 Å². The number of aromatic nitrogens is 2. The van der Waals surface area contributed by atoms with Gasteiger partial charge in [0, 0.05) is 29.7 Å². The Morgan fingerprint density at radius 2 is 2.11 bits per heavy atom. The Morgan fingerprint density at radius 3 is 2.78 bits per heavy atom. The molecule has 2 aromatic rings.